The van der Waals surface area contributed by atoms with Gasteiger partial charge < -0.3 is 9.84 Å². The lowest BCUT2D eigenvalue weighted by Crippen LogP contribution is -2.75. The zero-order valence-corrected chi connectivity index (χ0v) is 16.4. The highest BCUT2D eigenvalue weighted by molar-refractivity contribution is 7.83. The first-order valence-electron chi connectivity index (χ1n) is 8.54. The van der Waals surface area contributed by atoms with Gasteiger partial charge in [-0.1, -0.05) is 25.1 Å². The van der Waals surface area contributed by atoms with Crippen LogP contribution in [0.5, 0.6) is 5.75 Å². The van der Waals surface area contributed by atoms with Gasteiger partial charge in [0.15, 0.2) is 5.60 Å². The van der Waals surface area contributed by atoms with Crippen LogP contribution in [0.2, 0.25) is 0 Å². The molecule has 0 bridgehead atoms. The SMILES string of the molecule is CC[C@@H](C)S(=O)N[C@]1([N+](=O)[O-])C(C(F)(F)CO)c2ccccc2OC1(C)C. The summed E-state index contributed by atoms with van der Waals surface area (Å²) in [6, 6.07) is 5.75. The highest BCUT2D eigenvalue weighted by Crippen LogP contribution is 2.54. The molecule has 4 atom stereocenters. The lowest BCUT2D eigenvalue weighted by molar-refractivity contribution is -0.607. The van der Waals surface area contributed by atoms with E-state index in [1.54, 1.807) is 19.9 Å². The third-order valence-electron chi connectivity index (χ3n) is 5.05. The van der Waals surface area contributed by atoms with Crippen molar-refractivity contribution >= 4 is 11.0 Å². The van der Waals surface area contributed by atoms with E-state index >= 15 is 0 Å². The van der Waals surface area contributed by atoms with Crippen molar-refractivity contribution in [1.82, 2.24) is 4.72 Å². The lowest BCUT2D eigenvalue weighted by atomic mass is 9.71. The van der Waals surface area contributed by atoms with Crippen LogP contribution in [-0.4, -0.2) is 43.3 Å². The van der Waals surface area contributed by atoms with Crippen LogP contribution in [-0.2, 0) is 11.0 Å². The molecule has 1 aliphatic rings. The minimum absolute atomic E-state index is 0.0641. The van der Waals surface area contributed by atoms with Gasteiger partial charge in [0, 0.05) is 15.7 Å². The summed E-state index contributed by atoms with van der Waals surface area (Å²) >= 11 is 0. The average Bonchev–Trinajstić information content (AvgIpc) is 2.60. The van der Waals surface area contributed by atoms with E-state index in [9.17, 15) is 28.2 Å². The van der Waals surface area contributed by atoms with Crippen LogP contribution in [0.4, 0.5) is 8.78 Å². The molecule has 0 amide bonds. The Bertz CT molecular complexity index is 746. The molecular weight excluding hydrogens is 382 g/mol. The van der Waals surface area contributed by atoms with Crippen molar-refractivity contribution in [2.24, 2.45) is 0 Å². The fraction of sp³-hybridized carbons (Fsp3) is 0.647. The molecule has 7 nitrogen and oxygen atoms in total. The summed E-state index contributed by atoms with van der Waals surface area (Å²) in [6.45, 7) is 4.33. The highest BCUT2D eigenvalue weighted by atomic mass is 32.2. The van der Waals surface area contributed by atoms with Crippen molar-refractivity contribution in [3.05, 3.63) is 39.9 Å². The van der Waals surface area contributed by atoms with Gasteiger partial charge in [0.25, 0.3) is 5.92 Å². The fourth-order valence-electron chi connectivity index (χ4n) is 3.31. The quantitative estimate of drug-likeness (QED) is 0.412. The summed E-state index contributed by atoms with van der Waals surface area (Å²) in [5.74, 6) is -5.90. The first kappa shape index (κ1) is 21.6. The Morgan fingerprint density at radius 3 is 2.56 bits per heavy atom. The smallest absolute Gasteiger partial charge is 0.337 e. The molecule has 0 spiro atoms. The normalized spacial score (nSPS) is 26.6. The molecule has 2 unspecified atom stereocenters. The van der Waals surface area contributed by atoms with Gasteiger partial charge in [-0.25, -0.2) is 13.0 Å². The number of para-hydroxylation sites is 1. The van der Waals surface area contributed by atoms with Gasteiger partial charge in [0.2, 0.25) is 0 Å². The molecule has 2 rings (SSSR count). The number of nitro groups is 1. The monoisotopic (exact) mass is 406 g/mol. The van der Waals surface area contributed by atoms with E-state index in [2.05, 4.69) is 4.72 Å². The molecule has 1 aromatic carbocycles. The molecule has 1 aromatic rings. The van der Waals surface area contributed by atoms with Gasteiger partial charge in [-0.15, -0.1) is 0 Å². The van der Waals surface area contributed by atoms with Crippen molar-refractivity contribution in [3.8, 4) is 5.75 Å². The highest BCUT2D eigenvalue weighted by Gasteiger charge is 2.73. The third-order valence-corrected chi connectivity index (χ3v) is 6.63. The molecule has 2 N–H and O–H groups in total. The second-order valence-electron chi connectivity index (χ2n) is 7.14. The van der Waals surface area contributed by atoms with E-state index in [0.717, 1.165) is 0 Å². The number of benzene rings is 1. The molecule has 1 heterocycles. The lowest BCUT2D eigenvalue weighted by Gasteiger charge is -2.49. The molecule has 1 aliphatic heterocycles. The number of aliphatic hydroxyl groups excluding tert-OH is 1. The van der Waals surface area contributed by atoms with E-state index < -0.39 is 50.9 Å². The second-order valence-corrected chi connectivity index (χ2v) is 8.75. The summed E-state index contributed by atoms with van der Waals surface area (Å²) in [5, 5.41) is 21.0. The average molecular weight is 406 g/mol. The number of nitrogens with zero attached hydrogens (tertiary/aromatic N) is 1. The number of alkyl halides is 2. The van der Waals surface area contributed by atoms with Crippen LogP contribution in [0.15, 0.2) is 24.3 Å². The van der Waals surface area contributed by atoms with Gasteiger partial charge in [0.05, 0.1) is 0 Å². The standard InChI is InChI=1S/C17H24F2N2O5S/c1-5-11(2)27(25)20-17(21(23)24)14(16(18,19)10-22)12-8-6-7-9-13(12)26-15(17,3)4/h6-9,11,14,20,22H,5,10H2,1-4H3/t11-,14?,17+,27?/m1/s1. The van der Waals surface area contributed by atoms with Gasteiger partial charge in [-0.3, -0.25) is 10.1 Å². The summed E-state index contributed by atoms with van der Waals surface area (Å²) in [5.41, 5.74) is -4.56. The maximum absolute atomic E-state index is 14.9. The van der Waals surface area contributed by atoms with Crippen LogP contribution < -0.4 is 9.46 Å². The van der Waals surface area contributed by atoms with Crippen molar-refractivity contribution < 1.29 is 27.8 Å². The molecule has 27 heavy (non-hydrogen) atoms. The molecule has 0 radical (unpaired) electrons. The number of fused-ring (bicyclic) bond motifs is 1. The molecule has 0 fully saturated rings. The number of hydrogen-bond donors (Lipinski definition) is 2. The molecule has 0 aromatic heterocycles. The zero-order chi connectivity index (χ0) is 20.6. The molecular formula is C17H24F2N2O5S. The summed E-state index contributed by atoms with van der Waals surface area (Å²) < 4.78 is 50.5. The van der Waals surface area contributed by atoms with Gasteiger partial charge in [-0.05, 0) is 33.3 Å². The molecule has 0 saturated carbocycles. The van der Waals surface area contributed by atoms with Crippen LogP contribution >= 0.6 is 0 Å². The van der Waals surface area contributed by atoms with Gasteiger partial charge in [-0.2, -0.15) is 4.72 Å². The fourth-order valence-corrected chi connectivity index (χ4v) is 4.56. The van der Waals surface area contributed by atoms with Crippen LogP contribution in [0.25, 0.3) is 0 Å². The zero-order valence-electron chi connectivity index (χ0n) is 15.6. The summed E-state index contributed by atoms with van der Waals surface area (Å²) in [4.78, 5) is 11.3. The second kappa shape index (κ2) is 7.40. The van der Waals surface area contributed by atoms with Gasteiger partial charge >= 0.3 is 5.66 Å². The Kier molecular flexibility index (Phi) is 5.93. The Balaban J connectivity index is 2.80. The van der Waals surface area contributed by atoms with Crippen LogP contribution in [0.3, 0.4) is 0 Å². The predicted octanol–water partition coefficient (Wildman–Crippen LogP) is 2.59. The summed E-state index contributed by atoms with van der Waals surface area (Å²) in [7, 11) is -1.99. The number of aliphatic hydroxyl groups is 1. The molecule has 10 heteroatoms. The van der Waals surface area contributed by atoms with Crippen LogP contribution in [0, 0.1) is 10.1 Å². The van der Waals surface area contributed by atoms with Crippen molar-refractivity contribution in [2.45, 2.75) is 62.5 Å². The van der Waals surface area contributed by atoms with Gasteiger partial charge in [0.1, 0.15) is 29.3 Å². The van der Waals surface area contributed by atoms with Crippen molar-refractivity contribution in [2.75, 3.05) is 6.61 Å². The van der Waals surface area contributed by atoms with Crippen molar-refractivity contribution in [1.29, 1.82) is 0 Å². The number of ether oxygens (including phenoxy) is 1. The van der Waals surface area contributed by atoms with E-state index in [1.807, 2.05) is 0 Å². The number of halogens is 2. The van der Waals surface area contributed by atoms with E-state index in [4.69, 9.17) is 4.74 Å². The maximum atomic E-state index is 14.9. The Labute approximate surface area is 158 Å². The Morgan fingerprint density at radius 1 is 1.44 bits per heavy atom. The van der Waals surface area contributed by atoms with Crippen LogP contribution in [0.1, 0.15) is 45.6 Å². The maximum Gasteiger partial charge on any atom is 0.337 e. The molecule has 0 aliphatic carbocycles. The van der Waals surface area contributed by atoms with E-state index in [-0.39, 0.29) is 11.3 Å². The molecule has 0 saturated heterocycles. The first-order valence-corrected chi connectivity index (χ1v) is 9.75. The Morgan fingerprint density at radius 2 is 2.04 bits per heavy atom. The predicted molar refractivity (Wildman–Crippen MR) is 96.7 cm³/mol. The Hall–Kier alpha value is -1.65. The minimum Gasteiger partial charge on any atom is -0.478 e. The summed E-state index contributed by atoms with van der Waals surface area (Å²) in [6.07, 6.45) is 0.423. The topological polar surface area (TPSA) is 102 Å². The van der Waals surface area contributed by atoms with Crippen molar-refractivity contribution in [3.63, 3.8) is 0 Å². The third kappa shape index (κ3) is 3.45. The minimum atomic E-state index is -3.86. The largest absolute Gasteiger partial charge is 0.478 e. The number of nitrogens with one attached hydrogen (secondary N) is 1. The molecule has 152 valence electrons. The number of hydrogen-bond acceptors (Lipinski definition) is 5. The number of rotatable bonds is 7. The van der Waals surface area contributed by atoms with E-state index in [0.29, 0.717) is 6.42 Å². The van der Waals surface area contributed by atoms with E-state index in [1.165, 1.54) is 32.0 Å². The first-order chi connectivity index (χ1) is 12.4.